The predicted octanol–water partition coefficient (Wildman–Crippen LogP) is 2.42. The SMILES string of the molecule is COc1ccc(-c2oncc2N)c2ccn(C)c12. The summed E-state index contributed by atoms with van der Waals surface area (Å²) in [5.41, 5.74) is 8.30. The van der Waals surface area contributed by atoms with Gasteiger partial charge in [-0.2, -0.15) is 0 Å². The second-order valence-electron chi connectivity index (χ2n) is 4.11. The lowest BCUT2D eigenvalue weighted by Crippen LogP contribution is -1.92. The van der Waals surface area contributed by atoms with E-state index in [1.54, 1.807) is 7.11 Å². The first kappa shape index (κ1) is 10.7. The van der Waals surface area contributed by atoms with Gasteiger partial charge in [0.25, 0.3) is 0 Å². The van der Waals surface area contributed by atoms with Crippen LogP contribution in [0.5, 0.6) is 5.75 Å². The number of aromatic nitrogens is 2. The van der Waals surface area contributed by atoms with Crippen LogP contribution in [-0.2, 0) is 7.05 Å². The number of hydrogen-bond donors (Lipinski definition) is 1. The van der Waals surface area contributed by atoms with E-state index < -0.39 is 0 Å². The van der Waals surface area contributed by atoms with Crippen LogP contribution in [-0.4, -0.2) is 16.8 Å². The van der Waals surface area contributed by atoms with E-state index in [0.29, 0.717) is 11.4 Å². The third kappa shape index (κ3) is 1.37. The number of hydrogen-bond acceptors (Lipinski definition) is 4. The number of nitrogens with two attached hydrogens (primary N) is 1. The topological polar surface area (TPSA) is 66.2 Å². The quantitative estimate of drug-likeness (QED) is 0.750. The first-order valence-electron chi connectivity index (χ1n) is 5.55. The Bertz CT molecular complexity index is 712. The summed E-state index contributed by atoms with van der Waals surface area (Å²) in [6.07, 6.45) is 3.48. The van der Waals surface area contributed by atoms with Gasteiger partial charge < -0.3 is 19.6 Å². The maximum atomic E-state index is 5.85. The van der Waals surface area contributed by atoms with Crippen molar-refractivity contribution in [1.82, 2.24) is 9.72 Å². The van der Waals surface area contributed by atoms with E-state index in [9.17, 15) is 0 Å². The van der Waals surface area contributed by atoms with Crippen molar-refractivity contribution < 1.29 is 9.26 Å². The van der Waals surface area contributed by atoms with Gasteiger partial charge in [0, 0.05) is 24.2 Å². The summed E-state index contributed by atoms with van der Waals surface area (Å²) in [5.74, 6) is 1.41. The Hall–Kier alpha value is -2.43. The van der Waals surface area contributed by atoms with Gasteiger partial charge in [-0.1, -0.05) is 5.16 Å². The Balaban J connectivity index is 2.36. The number of ether oxygens (including phenoxy) is 1. The number of anilines is 1. The van der Waals surface area contributed by atoms with Gasteiger partial charge >= 0.3 is 0 Å². The second kappa shape index (κ2) is 3.80. The van der Waals surface area contributed by atoms with Crippen molar-refractivity contribution >= 4 is 16.6 Å². The normalized spacial score (nSPS) is 11.0. The Morgan fingerprint density at radius 3 is 2.83 bits per heavy atom. The lowest BCUT2D eigenvalue weighted by atomic mass is 10.1. The molecule has 0 spiro atoms. The maximum Gasteiger partial charge on any atom is 0.190 e. The molecule has 2 N–H and O–H groups in total. The van der Waals surface area contributed by atoms with Crippen molar-refractivity contribution in [3.8, 4) is 17.1 Å². The van der Waals surface area contributed by atoms with E-state index in [0.717, 1.165) is 22.2 Å². The Kier molecular flexibility index (Phi) is 2.26. The van der Waals surface area contributed by atoms with Crippen LogP contribution in [0.25, 0.3) is 22.2 Å². The van der Waals surface area contributed by atoms with Crippen molar-refractivity contribution in [1.29, 1.82) is 0 Å². The van der Waals surface area contributed by atoms with Crippen molar-refractivity contribution in [3.05, 3.63) is 30.6 Å². The van der Waals surface area contributed by atoms with Gasteiger partial charge in [-0.05, 0) is 18.2 Å². The second-order valence-corrected chi connectivity index (χ2v) is 4.11. The highest BCUT2D eigenvalue weighted by molar-refractivity contribution is 5.99. The molecule has 0 aliphatic heterocycles. The highest BCUT2D eigenvalue weighted by Crippen LogP contribution is 2.36. The fourth-order valence-electron chi connectivity index (χ4n) is 2.20. The Morgan fingerprint density at radius 2 is 2.17 bits per heavy atom. The number of methoxy groups -OCH3 is 1. The van der Waals surface area contributed by atoms with E-state index in [2.05, 4.69) is 5.16 Å². The van der Waals surface area contributed by atoms with Crippen molar-refractivity contribution in [2.24, 2.45) is 7.05 Å². The number of nitrogen functional groups attached to an aromatic ring is 1. The molecule has 2 heterocycles. The molecule has 5 nitrogen and oxygen atoms in total. The number of rotatable bonds is 2. The molecular formula is C13H13N3O2. The number of aryl methyl sites for hydroxylation is 1. The lowest BCUT2D eigenvalue weighted by Gasteiger charge is -2.07. The molecule has 3 aromatic rings. The Morgan fingerprint density at radius 1 is 1.33 bits per heavy atom. The van der Waals surface area contributed by atoms with Gasteiger partial charge in [-0.15, -0.1) is 0 Å². The minimum atomic E-state index is 0.533. The van der Waals surface area contributed by atoms with Crippen LogP contribution in [0.4, 0.5) is 5.69 Å². The molecule has 0 aliphatic carbocycles. The fraction of sp³-hybridized carbons (Fsp3) is 0.154. The lowest BCUT2D eigenvalue weighted by molar-refractivity contribution is 0.417. The van der Waals surface area contributed by atoms with Crippen LogP contribution >= 0.6 is 0 Å². The summed E-state index contributed by atoms with van der Waals surface area (Å²) in [6.45, 7) is 0. The zero-order valence-corrected chi connectivity index (χ0v) is 10.2. The summed E-state index contributed by atoms with van der Waals surface area (Å²) in [4.78, 5) is 0. The number of nitrogens with zero attached hydrogens (tertiary/aromatic N) is 2. The van der Waals surface area contributed by atoms with Crippen LogP contribution in [0.2, 0.25) is 0 Å². The van der Waals surface area contributed by atoms with Gasteiger partial charge in [-0.3, -0.25) is 0 Å². The van der Waals surface area contributed by atoms with Crippen LogP contribution in [0.1, 0.15) is 0 Å². The molecule has 1 aromatic carbocycles. The summed E-state index contributed by atoms with van der Waals surface area (Å²) in [6, 6.07) is 5.84. The molecular weight excluding hydrogens is 230 g/mol. The van der Waals surface area contributed by atoms with Crippen LogP contribution in [0, 0.1) is 0 Å². The van der Waals surface area contributed by atoms with Crippen molar-refractivity contribution in [2.45, 2.75) is 0 Å². The summed E-state index contributed by atoms with van der Waals surface area (Å²) in [5, 5.41) is 4.74. The zero-order valence-electron chi connectivity index (χ0n) is 10.2. The average Bonchev–Trinajstić information content (AvgIpc) is 2.96. The van der Waals surface area contributed by atoms with Crippen molar-refractivity contribution in [2.75, 3.05) is 12.8 Å². The Labute approximate surface area is 104 Å². The number of fused-ring (bicyclic) bond motifs is 1. The van der Waals surface area contributed by atoms with E-state index >= 15 is 0 Å². The summed E-state index contributed by atoms with van der Waals surface area (Å²) in [7, 11) is 3.63. The van der Waals surface area contributed by atoms with Gasteiger partial charge in [0.2, 0.25) is 0 Å². The van der Waals surface area contributed by atoms with E-state index in [1.807, 2.05) is 36.0 Å². The third-order valence-electron chi connectivity index (χ3n) is 3.06. The van der Waals surface area contributed by atoms with E-state index in [1.165, 1.54) is 6.20 Å². The van der Waals surface area contributed by atoms with Crippen LogP contribution in [0.15, 0.2) is 35.1 Å². The monoisotopic (exact) mass is 243 g/mol. The molecule has 5 heteroatoms. The van der Waals surface area contributed by atoms with Gasteiger partial charge in [-0.25, -0.2) is 0 Å². The molecule has 0 amide bonds. The molecule has 0 unspecified atom stereocenters. The minimum absolute atomic E-state index is 0.533. The third-order valence-corrected chi connectivity index (χ3v) is 3.06. The van der Waals surface area contributed by atoms with Crippen LogP contribution < -0.4 is 10.5 Å². The fourth-order valence-corrected chi connectivity index (χ4v) is 2.20. The van der Waals surface area contributed by atoms with E-state index in [4.69, 9.17) is 15.0 Å². The van der Waals surface area contributed by atoms with Gasteiger partial charge in [0.1, 0.15) is 11.4 Å². The smallest absolute Gasteiger partial charge is 0.190 e. The molecule has 0 saturated carbocycles. The standard InChI is InChI=1S/C13H13N3O2/c1-16-6-5-8-9(13-10(14)7-15-18-13)3-4-11(17-2)12(8)16/h3-7H,14H2,1-2H3. The molecule has 0 bridgehead atoms. The molecule has 18 heavy (non-hydrogen) atoms. The molecule has 0 aliphatic rings. The van der Waals surface area contributed by atoms with Gasteiger partial charge in [0.15, 0.2) is 5.76 Å². The zero-order chi connectivity index (χ0) is 12.7. The van der Waals surface area contributed by atoms with E-state index in [-0.39, 0.29) is 0 Å². The first-order valence-corrected chi connectivity index (χ1v) is 5.55. The summed E-state index contributed by atoms with van der Waals surface area (Å²) >= 11 is 0. The molecule has 0 radical (unpaired) electrons. The van der Waals surface area contributed by atoms with Gasteiger partial charge in [0.05, 0.1) is 18.8 Å². The number of benzene rings is 1. The highest BCUT2D eigenvalue weighted by atomic mass is 16.5. The molecule has 2 aromatic heterocycles. The molecule has 92 valence electrons. The minimum Gasteiger partial charge on any atom is -0.495 e. The molecule has 0 atom stereocenters. The molecule has 3 rings (SSSR count). The average molecular weight is 243 g/mol. The largest absolute Gasteiger partial charge is 0.495 e. The highest BCUT2D eigenvalue weighted by Gasteiger charge is 2.15. The van der Waals surface area contributed by atoms with Crippen LogP contribution in [0.3, 0.4) is 0 Å². The van der Waals surface area contributed by atoms with Crippen molar-refractivity contribution in [3.63, 3.8) is 0 Å². The molecule has 0 fully saturated rings. The molecule has 0 saturated heterocycles. The maximum absolute atomic E-state index is 5.85. The predicted molar refractivity (Wildman–Crippen MR) is 69.4 cm³/mol. The summed E-state index contributed by atoms with van der Waals surface area (Å²) < 4.78 is 12.6. The first-order chi connectivity index (χ1) is 8.72.